The highest BCUT2D eigenvalue weighted by molar-refractivity contribution is 6.33. The second-order valence-corrected chi connectivity index (χ2v) is 9.22. The van der Waals surface area contributed by atoms with Gasteiger partial charge in [0.1, 0.15) is 11.3 Å². The normalized spacial score (nSPS) is 12.2. The first-order chi connectivity index (χ1) is 16.3. The van der Waals surface area contributed by atoms with Crippen LogP contribution in [0.1, 0.15) is 57.1 Å². The van der Waals surface area contributed by atoms with Crippen molar-refractivity contribution >= 4 is 34.3 Å². The number of rotatable bonds is 8. The van der Waals surface area contributed by atoms with E-state index >= 15 is 0 Å². The van der Waals surface area contributed by atoms with E-state index in [9.17, 15) is 4.79 Å². The predicted molar refractivity (Wildman–Crippen MR) is 138 cm³/mol. The average molecular weight is 477 g/mol. The summed E-state index contributed by atoms with van der Waals surface area (Å²) < 4.78 is 11.6. The molecule has 4 rings (SSSR count). The van der Waals surface area contributed by atoms with Crippen LogP contribution in [0.25, 0.3) is 22.6 Å². The van der Waals surface area contributed by atoms with Crippen LogP contribution in [0.4, 0.5) is 5.69 Å². The highest BCUT2D eigenvalue weighted by atomic mass is 35.5. The van der Waals surface area contributed by atoms with E-state index in [-0.39, 0.29) is 12.5 Å². The molecule has 3 aromatic carbocycles. The Morgan fingerprint density at radius 1 is 1.03 bits per heavy atom. The van der Waals surface area contributed by atoms with Gasteiger partial charge in [0, 0.05) is 5.69 Å². The zero-order valence-corrected chi connectivity index (χ0v) is 20.6. The second-order valence-electron chi connectivity index (χ2n) is 8.81. The van der Waals surface area contributed by atoms with Crippen LogP contribution in [-0.4, -0.2) is 17.5 Å². The third-order valence-electron chi connectivity index (χ3n) is 5.99. The molecule has 1 N–H and O–H groups in total. The molecule has 5 nitrogen and oxygen atoms in total. The lowest BCUT2D eigenvalue weighted by molar-refractivity contribution is -0.118. The van der Waals surface area contributed by atoms with Gasteiger partial charge in [-0.15, -0.1) is 0 Å². The molecule has 34 heavy (non-hydrogen) atoms. The third-order valence-corrected chi connectivity index (χ3v) is 6.32. The van der Waals surface area contributed by atoms with Crippen LogP contribution in [0.5, 0.6) is 5.75 Å². The van der Waals surface area contributed by atoms with Crippen molar-refractivity contribution < 1.29 is 13.9 Å². The topological polar surface area (TPSA) is 64.4 Å². The smallest absolute Gasteiger partial charge is 0.262 e. The van der Waals surface area contributed by atoms with Gasteiger partial charge < -0.3 is 14.5 Å². The lowest BCUT2D eigenvalue weighted by Gasteiger charge is -2.11. The molecule has 0 spiro atoms. The van der Waals surface area contributed by atoms with Gasteiger partial charge in [-0.25, -0.2) is 4.98 Å². The number of oxazole rings is 1. The summed E-state index contributed by atoms with van der Waals surface area (Å²) in [5, 5.41) is 3.35. The van der Waals surface area contributed by atoms with Gasteiger partial charge in [0.2, 0.25) is 5.89 Å². The average Bonchev–Trinajstić information content (AvgIpc) is 3.27. The van der Waals surface area contributed by atoms with E-state index in [4.69, 9.17) is 20.8 Å². The van der Waals surface area contributed by atoms with Crippen LogP contribution >= 0.6 is 11.6 Å². The number of ether oxygens (including phenoxy) is 1. The van der Waals surface area contributed by atoms with Crippen molar-refractivity contribution in [1.82, 2.24) is 4.98 Å². The number of hydrogen-bond acceptors (Lipinski definition) is 4. The molecule has 0 saturated heterocycles. The highest BCUT2D eigenvalue weighted by Gasteiger charge is 2.15. The Balaban J connectivity index is 1.44. The molecule has 4 aromatic rings. The summed E-state index contributed by atoms with van der Waals surface area (Å²) in [5.74, 6) is 1.70. The van der Waals surface area contributed by atoms with Gasteiger partial charge in [-0.2, -0.15) is 0 Å². The molecule has 0 bridgehead atoms. The molecule has 0 aliphatic heterocycles. The van der Waals surface area contributed by atoms with Crippen molar-refractivity contribution in [2.75, 3.05) is 11.9 Å². The Morgan fingerprint density at radius 2 is 1.76 bits per heavy atom. The number of carbonyl (C=O) groups excluding carboxylic acids is 1. The highest BCUT2D eigenvalue weighted by Crippen LogP contribution is 2.33. The molecule has 1 aromatic heterocycles. The quantitative estimate of drug-likeness (QED) is 0.281. The third kappa shape index (κ3) is 5.42. The lowest BCUT2D eigenvalue weighted by atomic mass is 9.99. The largest absolute Gasteiger partial charge is 0.484 e. The summed E-state index contributed by atoms with van der Waals surface area (Å²) in [7, 11) is 0. The molecule has 0 radical (unpaired) electrons. The zero-order valence-electron chi connectivity index (χ0n) is 19.9. The van der Waals surface area contributed by atoms with Crippen molar-refractivity contribution in [3.8, 4) is 17.2 Å². The zero-order chi connectivity index (χ0) is 24.2. The Bertz CT molecular complexity index is 1300. The van der Waals surface area contributed by atoms with Crippen molar-refractivity contribution in [3.63, 3.8) is 0 Å². The first kappa shape index (κ1) is 23.8. The predicted octanol–water partition coefficient (Wildman–Crippen LogP) is 7.80. The SMILES string of the molecule is CC[C@H](C)c1ccc(OCC(=O)Nc2ccc(Cl)c(-c3nc4cc(C(C)C)ccc4o3)c2)cc1. The summed E-state index contributed by atoms with van der Waals surface area (Å²) >= 11 is 6.43. The minimum absolute atomic E-state index is 0.0957. The van der Waals surface area contributed by atoms with Crippen molar-refractivity contribution in [2.24, 2.45) is 0 Å². The maximum absolute atomic E-state index is 12.5. The van der Waals surface area contributed by atoms with E-state index in [0.717, 1.165) is 11.9 Å². The van der Waals surface area contributed by atoms with Gasteiger partial charge >= 0.3 is 0 Å². The van der Waals surface area contributed by atoms with Crippen LogP contribution in [0.15, 0.2) is 65.1 Å². The summed E-state index contributed by atoms with van der Waals surface area (Å²) in [6, 6.07) is 19.1. The van der Waals surface area contributed by atoms with Gasteiger partial charge in [-0.05, 0) is 71.8 Å². The lowest BCUT2D eigenvalue weighted by Crippen LogP contribution is -2.20. The van der Waals surface area contributed by atoms with Gasteiger partial charge in [0.25, 0.3) is 5.91 Å². The van der Waals surface area contributed by atoms with Gasteiger partial charge in [0.15, 0.2) is 12.2 Å². The minimum Gasteiger partial charge on any atom is -0.484 e. The Morgan fingerprint density at radius 3 is 2.47 bits per heavy atom. The van der Waals surface area contributed by atoms with E-state index < -0.39 is 0 Å². The fraction of sp³-hybridized carbons (Fsp3) is 0.286. The van der Waals surface area contributed by atoms with Crippen molar-refractivity contribution in [3.05, 3.63) is 76.8 Å². The first-order valence-electron chi connectivity index (χ1n) is 11.6. The molecule has 0 fully saturated rings. The number of amides is 1. The number of halogens is 1. The Hall–Kier alpha value is -3.31. The molecule has 0 aliphatic carbocycles. The minimum atomic E-state index is -0.265. The maximum atomic E-state index is 12.5. The molecule has 0 unspecified atom stereocenters. The fourth-order valence-electron chi connectivity index (χ4n) is 3.66. The van der Waals surface area contributed by atoms with Crippen LogP contribution in [0.3, 0.4) is 0 Å². The van der Waals surface area contributed by atoms with E-state index in [2.05, 4.69) is 38.0 Å². The molecular weight excluding hydrogens is 448 g/mol. The number of nitrogens with zero attached hydrogens (tertiary/aromatic N) is 1. The number of anilines is 1. The molecular formula is C28H29ClN2O3. The monoisotopic (exact) mass is 476 g/mol. The second kappa shape index (κ2) is 10.3. The number of fused-ring (bicyclic) bond motifs is 1. The molecule has 1 heterocycles. The molecule has 6 heteroatoms. The van der Waals surface area contributed by atoms with Crippen molar-refractivity contribution in [2.45, 2.75) is 46.0 Å². The van der Waals surface area contributed by atoms with Gasteiger partial charge in [-0.1, -0.05) is 57.5 Å². The van der Waals surface area contributed by atoms with Gasteiger partial charge in [-0.3, -0.25) is 4.79 Å². The van der Waals surface area contributed by atoms with Crippen LogP contribution in [-0.2, 0) is 4.79 Å². The number of carbonyl (C=O) groups is 1. The molecule has 0 aliphatic rings. The Labute approximate surface area is 205 Å². The number of aromatic nitrogens is 1. The van der Waals surface area contributed by atoms with E-state index in [1.165, 1.54) is 11.1 Å². The number of nitrogens with one attached hydrogen (secondary N) is 1. The molecule has 176 valence electrons. The molecule has 0 saturated carbocycles. The summed E-state index contributed by atoms with van der Waals surface area (Å²) in [4.78, 5) is 17.1. The van der Waals surface area contributed by atoms with Gasteiger partial charge in [0.05, 0.1) is 10.6 Å². The summed E-state index contributed by atoms with van der Waals surface area (Å²) in [5.41, 5.74) is 5.12. The maximum Gasteiger partial charge on any atom is 0.262 e. The summed E-state index contributed by atoms with van der Waals surface area (Å²) in [6.45, 7) is 8.52. The number of hydrogen-bond donors (Lipinski definition) is 1. The Kier molecular flexibility index (Phi) is 7.23. The molecule has 1 amide bonds. The fourth-order valence-corrected chi connectivity index (χ4v) is 3.86. The molecule has 1 atom stereocenters. The summed E-state index contributed by atoms with van der Waals surface area (Å²) in [6.07, 6.45) is 1.08. The van der Waals surface area contributed by atoms with Crippen LogP contribution in [0, 0.1) is 0 Å². The van der Waals surface area contributed by atoms with E-state index in [1.54, 1.807) is 18.2 Å². The van der Waals surface area contributed by atoms with Crippen molar-refractivity contribution in [1.29, 1.82) is 0 Å². The van der Waals surface area contributed by atoms with Crippen LogP contribution in [0.2, 0.25) is 5.02 Å². The standard InChI is InChI=1S/C28H29ClN2O3/c1-5-18(4)19-6-10-22(11-7-19)33-16-27(32)30-21-9-12-24(29)23(15-21)28-31-25-14-20(17(2)3)8-13-26(25)34-28/h6-15,17-18H,5,16H2,1-4H3,(H,30,32)/t18-/m0/s1. The first-order valence-corrected chi connectivity index (χ1v) is 11.9. The van der Waals surface area contributed by atoms with Crippen LogP contribution < -0.4 is 10.1 Å². The van der Waals surface area contributed by atoms with E-state index in [0.29, 0.717) is 45.3 Å². The van der Waals surface area contributed by atoms with E-state index in [1.807, 2.05) is 42.5 Å². The number of benzene rings is 3.